The summed E-state index contributed by atoms with van der Waals surface area (Å²) >= 11 is 0. The fourth-order valence-electron chi connectivity index (χ4n) is 2.94. The summed E-state index contributed by atoms with van der Waals surface area (Å²) in [4.78, 5) is 25.0. The Kier molecular flexibility index (Phi) is 6.17. The average molecular weight is 424 g/mol. The molecule has 0 aliphatic heterocycles. The van der Waals surface area contributed by atoms with Crippen molar-refractivity contribution in [2.75, 3.05) is 10.0 Å². The van der Waals surface area contributed by atoms with E-state index in [-0.39, 0.29) is 21.9 Å². The molecule has 3 aromatic rings. The second kappa shape index (κ2) is 8.79. The van der Waals surface area contributed by atoms with E-state index in [0.29, 0.717) is 5.69 Å². The van der Waals surface area contributed by atoms with Crippen LogP contribution in [0.25, 0.3) is 0 Å². The fraction of sp³-hybridized carbons (Fsp3) is 0.0909. The predicted molar refractivity (Wildman–Crippen MR) is 114 cm³/mol. The summed E-state index contributed by atoms with van der Waals surface area (Å²) < 4.78 is 27.5. The lowest BCUT2D eigenvalue weighted by molar-refractivity contribution is -0.126. The second-order valence-electron chi connectivity index (χ2n) is 6.59. The van der Waals surface area contributed by atoms with Crippen molar-refractivity contribution in [3.05, 3.63) is 84.4 Å². The topological polar surface area (TPSA) is 113 Å². The van der Waals surface area contributed by atoms with Crippen LogP contribution >= 0.6 is 0 Å². The number of hydrogen-bond acceptors (Lipinski definition) is 5. The van der Waals surface area contributed by atoms with Gasteiger partial charge in [-0.2, -0.15) is 0 Å². The summed E-state index contributed by atoms with van der Waals surface area (Å²) in [5.74, 6) is -2.73. The number of phenolic OH excluding ortho intramolecular Hbond substituents is 1. The first-order chi connectivity index (χ1) is 14.3. The van der Waals surface area contributed by atoms with Gasteiger partial charge in [-0.05, 0) is 49.4 Å². The lowest BCUT2D eigenvalue weighted by atomic mass is 9.93. The van der Waals surface area contributed by atoms with E-state index < -0.39 is 27.6 Å². The standard InChI is InChI=1S/C22H20N2O5S/c1-15(25)21(22(27)23-16-8-4-2-5-9-16)19-14-17(12-13-20(19)26)24-30(28,29)18-10-6-3-7-11-18/h2-14,21,24,26H,1H3,(H,23,27). The first-order valence-electron chi connectivity index (χ1n) is 9.05. The fourth-order valence-corrected chi connectivity index (χ4v) is 4.01. The van der Waals surface area contributed by atoms with Crippen LogP contribution in [0, 0.1) is 0 Å². The molecule has 0 spiro atoms. The van der Waals surface area contributed by atoms with Crippen LogP contribution in [0.1, 0.15) is 18.4 Å². The molecule has 0 saturated heterocycles. The normalized spacial score (nSPS) is 12.0. The Morgan fingerprint density at radius 1 is 0.867 bits per heavy atom. The minimum atomic E-state index is -3.87. The Morgan fingerprint density at radius 2 is 1.47 bits per heavy atom. The van der Waals surface area contributed by atoms with Crippen LogP contribution < -0.4 is 10.0 Å². The number of benzene rings is 3. The molecule has 8 heteroatoms. The van der Waals surface area contributed by atoms with Crippen molar-refractivity contribution >= 4 is 33.1 Å². The van der Waals surface area contributed by atoms with Crippen molar-refractivity contribution in [3.8, 4) is 5.75 Å². The second-order valence-corrected chi connectivity index (χ2v) is 8.27. The number of Topliss-reactive ketones (excluding diaryl/α,β-unsaturated/α-hetero) is 1. The summed E-state index contributed by atoms with van der Waals surface area (Å²) in [5, 5.41) is 12.9. The number of rotatable bonds is 7. The molecule has 0 fully saturated rings. The van der Waals surface area contributed by atoms with Crippen molar-refractivity contribution in [3.63, 3.8) is 0 Å². The van der Waals surface area contributed by atoms with Crippen molar-refractivity contribution in [2.45, 2.75) is 17.7 Å². The number of carbonyl (C=O) groups is 2. The van der Waals surface area contributed by atoms with E-state index in [2.05, 4.69) is 10.0 Å². The molecular formula is C22H20N2O5S. The molecule has 3 aromatic carbocycles. The summed E-state index contributed by atoms with van der Waals surface area (Å²) in [6.07, 6.45) is 0. The first kappa shape index (κ1) is 21.1. The summed E-state index contributed by atoms with van der Waals surface area (Å²) in [5.41, 5.74) is 0.615. The maximum atomic E-state index is 12.7. The molecule has 0 aliphatic carbocycles. The molecule has 154 valence electrons. The van der Waals surface area contributed by atoms with E-state index in [4.69, 9.17) is 0 Å². The molecule has 0 aromatic heterocycles. The minimum absolute atomic E-state index is 0.00388. The Hall–Kier alpha value is -3.65. The van der Waals surface area contributed by atoms with E-state index in [1.165, 1.54) is 37.3 Å². The van der Waals surface area contributed by atoms with Gasteiger partial charge in [0.05, 0.1) is 4.90 Å². The van der Waals surface area contributed by atoms with Gasteiger partial charge in [-0.3, -0.25) is 14.3 Å². The molecule has 1 amide bonds. The Balaban J connectivity index is 1.92. The molecule has 30 heavy (non-hydrogen) atoms. The van der Waals surface area contributed by atoms with Gasteiger partial charge in [-0.15, -0.1) is 0 Å². The van der Waals surface area contributed by atoms with Gasteiger partial charge in [0.2, 0.25) is 5.91 Å². The summed E-state index contributed by atoms with van der Waals surface area (Å²) in [6.45, 7) is 1.23. The third kappa shape index (κ3) is 4.84. The number of aromatic hydroxyl groups is 1. The zero-order valence-corrected chi connectivity index (χ0v) is 16.9. The van der Waals surface area contributed by atoms with Crippen molar-refractivity contribution in [1.29, 1.82) is 0 Å². The highest BCUT2D eigenvalue weighted by molar-refractivity contribution is 7.92. The minimum Gasteiger partial charge on any atom is -0.508 e. The zero-order valence-electron chi connectivity index (χ0n) is 16.1. The smallest absolute Gasteiger partial charge is 0.261 e. The van der Waals surface area contributed by atoms with Gasteiger partial charge in [0.15, 0.2) is 0 Å². The number of hydrogen-bond donors (Lipinski definition) is 3. The highest BCUT2D eigenvalue weighted by Crippen LogP contribution is 2.31. The number of carbonyl (C=O) groups excluding carboxylic acids is 2. The number of amides is 1. The molecule has 0 saturated carbocycles. The molecule has 0 heterocycles. The molecule has 1 atom stereocenters. The van der Waals surface area contributed by atoms with Crippen LogP contribution in [0.4, 0.5) is 11.4 Å². The third-order valence-electron chi connectivity index (χ3n) is 4.35. The lowest BCUT2D eigenvalue weighted by Gasteiger charge is -2.17. The third-order valence-corrected chi connectivity index (χ3v) is 5.75. The Labute approximate surface area is 174 Å². The monoisotopic (exact) mass is 424 g/mol. The van der Waals surface area contributed by atoms with Crippen LogP contribution in [-0.2, 0) is 19.6 Å². The summed E-state index contributed by atoms with van der Waals surface area (Å²) in [6, 6.07) is 20.2. The van der Waals surface area contributed by atoms with Gasteiger partial charge >= 0.3 is 0 Å². The van der Waals surface area contributed by atoms with E-state index >= 15 is 0 Å². The van der Waals surface area contributed by atoms with Crippen LogP contribution in [-0.4, -0.2) is 25.2 Å². The molecule has 0 bridgehead atoms. The van der Waals surface area contributed by atoms with Crippen LogP contribution in [0.15, 0.2) is 83.8 Å². The maximum absolute atomic E-state index is 12.7. The number of anilines is 2. The molecule has 1 unspecified atom stereocenters. The largest absolute Gasteiger partial charge is 0.508 e. The van der Waals surface area contributed by atoms with Gasteiger partial charge in [0.25, 0.3) is 10.0 Å². The van der Waals surface area contributed by atoms with Gasteiger partial charge < -0.3 is 10.4 Å². The quantitative estimate of drug-likeness (QED) is 0.397. The highest BCUT2D eigenvalue weighted by Gasteiger charge is 2.29. The van der Waals surface area contributed by atoms with Crippen molar-refractivity contribution in [1.82, 2.24) is 0 Å². The maximum Gasteiger partial charge on any atom is 0.261 e. The Morgan fingerprint density at radius 3 is 2.07 bits per heavy atom. The number of nitrogens with one attached hydrogen (secondary N) is 2. The molecule has 7 nitrogen and oxygen atoms in total. The van der Waals surface area contributed by atoms with Gasteiger partial charge in [-0.1, -0.05) is 36.4 Å². The average Bonchev–Trinajstić information content (AvgIpc) is 2.71. The Bertz CT molecular complexity index is 1160. The number of para-hydroxylation sites is 1. The molecular weight excluding hydrogens is 404 g/mol. The lowest BCUT2D eigenvalue weighted by Crippen LogP contribution is -2.26. The van der Waals surface area contributed by atoms with Crippen LogP contribution in [0.5, 0.6) is 5.75 Å². The van der Waals surface area contributed by atoms with E-state index in [9.17, 15) is 23.1 Å². The highest BCUT2D eigenvalue weighted by atomic mass is 32.2. The van der Waals surface area contributed by atoms with Crippen LogP contribution in [0.2, 0.25) is 0 Å². The van der Waals surface area contributed by atoms with E-state index in [0.717, 1.165) is 0 Å². The molecule has 3 rings (SSSR count). The number of sulfonamides is 1. The molecule has 0 radical (unpaired) electrons. The van der Waals surface area contributed by atoms with Gasteiger partial charge in [-0.25, -0.2) is 8.42 Å². The van der Waals surface area contributed by atoms with Crippen LogP contribution in [0.3, 0.4) is 0 Å². The molecule has 0 aliphatic rings. The first-order valence-corrected chi connectivity index (χ1v) is 10.5. The number of ketones is 1. The molecule has 3 N–H and O–H groups in total. The zero-order chi connectivity index (χ0) is 21.7. The summed E-state index contributed by atoms with van der Waals surface area (Å²) in [7, 11) is -3.87. The van der Waals surface area contributed by atoms with Crippen molar-refractivity contribution < 1.29 is 23.1 Å². The van der Waals surface area contributed by atoms with Gasteiger partial charge in [0.1, 0.15) is 17.5 Å². The van der Waals surface area contributed by atoms with E-state index in [1.54, 1.807) is 48.5 Å². The SMILES string of the molecule is CC(=O)C(C(=O)Nc1ccccc1)c1cc(NS(=O)(=O)c2ccccc2)ccc1O. The predicted octanol–water partition coefficient (Wildman–Crippen LogP) is 3.50. The van der Waals surface area contributed by atoms with Gasteiger partial charge in [0, 0.05) is 16.9 Å². The van der Waals surface area contributed by atoms with Crippen molar-refractivity contribution in [2.24, 2.45) is 0 Å². The van der Waals surface area contributed by atoms with E-state index in [1.807, 2.05) is 0 Å². The number of phenols is 1.